The third-order valence-electron chi connectivity index (χ3n) is 2.83. The molecule has 0 saturated heterocycles. The number of hydrogen-bond donors (Lipinski definition) is 1. The summed E-state index contributed by atoms with van der Waals surface area (Å²) in [7, 11) is 0. The Labute approximate surface area is 141 Å². The van der Waals surface area contributed by atoms with Gasteiger partial charge in [-0.1, -0.05) is 44.0 Å². The number of aliphatic hydroxyl groups excluding tert-OH is 1. The number of hydrogen-bond acceptors (Lipinski definition) is 3. The number of ether oxygens (including phenoxy) is 2. The number of rotatable bonds is 6. The van der Waals surface area contributed by atoms with E-state index in [4.69, 9.17) is 9.47 Å². The van der Waals surface area contributed by atoms with Gasteiger partial charge in [0.1, 0.15) is 24.7 Å². The largest absolute Gasteiger partial charge is 0.490 e. The van der Waals surface area contributed by atoms with Crippen molar-refractivity contribution in [1.29, 1.82) is 0 Å². The monoisotopic (exact) mass is 414 g/mol. The molecule has 0 saturated carbocycles. The molecule has 5 heteroatoms. The summed E-state index contributed by atoms with van der Waals surface area (Å²) >= 11 is 6.80. The first-order valence-electron chi connectivity index (χ1n) is 6.55. The topological polar surface area (TPSA) is 38.7 Å². The second-order valence-electron chi connectivity index (χ2n) is 4.51. The fraction of sp³-hybridized carbons (Fsp3) is 0.250. The molecule has 1 unspecified atom stereocenters. The van der Waals surface area contributed by atoms with E-state index in [-0.39, 0.29) is 0 Å². The van der Waals surface area contributed by atoms with Crippen LogP contribution in [0, 0.1) is 0 Å². The van der Waals surface area contributed by atoms with Crippen LogP contribution in [0.5, 0.6) is 11.5 Å². The summed E-state index contributed by atoms with van der Waals surface area (Å²) in [6, 6.07) is 13.2. The molecule has 0 spiro atoms. The van der Waals surface area contributed by atoms with Gasteiger partial charge in [0, 0.05) is 14.5 Å². The van der Waals surface area contributed by atoms with Crippen LogP contribution >= 0.6 is 31.9 Å². The van der Waals surface area contributed by atoms with Crippen molar-refractivity contribution >= 4 is 31.9 Å². The van der Waals surface area contributed by atoms with E-state index in [0.29, 0.717) is 19.0 Å². The highest BCUT2D eigenvalue weighted by Gasteiger charge is 2.09. The molecule has 112 valence electrons. The van der Waals surface area contributed by atoms with Crippen LogP contribution in [-0.2, 0) is 0 Å². The van der Waals surface area contributed by atoms with Crippen molar-refractivity contribution in [2.45, 2.75) is 13.0 Å². The minimum absolute atomic E-state index is 0.405. The average molecular weight is 416 g/mol. The SMILES string of the molecule is CC(O)c1ccc(Br)cc1OCCOc1cccc(Br)c1. The van der Waals surface area contributed by atoms with Gasteiger partial charge in [-0.15, -0.1) is 0 Å². The van der Waals surface area contributed by atoms with Gasteiger partial charge in [0.25, 0.3) is 0 Å². The fourth-order valence-electron chi connectivity index (χ4n) is 1.85. The van der Waals surface area contributed by atoms with Gasteiger partial charge in [0.05, 0.1) is 6.10 Å². The Hall–Kier alpha value is -1.04. The van der Waals surface area contributed by atoms with Crippen LogP contribution in [0.2, 0.25) is 0 Å². The van der Waals surface area contributed by atoms with Gasteiger partial charge < -0.3 is 14.6 Å². The van der Waals surface area contributed by atoms with Crippen molar-refractivity contribution in [3.63, 3.8) is 0 Å². The van der Waals surface area contributed by atoms with Gasteiger partial charge in [-0.25, -0.2) is 0 Å². The highest BCUT2D eigenvalue weighted by atomic mass is 79.9. The van der Waals surface area contributed by atoms with E-state index in [1.165, 1.54) is 0 Å². The molecule has 0 heterocycles. The van der Waals surface area contributed by atoms with Gasteiger partial charge in [-0.05, 0) is 37.3 Å². The molecule has 1 atom stereocenters. The lowest BCUT2D eigenvalue weighted by Gasteiger charge is -2.14. The van der Waals surface area contributed by atoms with E-state index in [9.17, 15) is 5.11 Å². The molecule has 0 aliphatic carbocycles. The molecule has 2 aromatic carbocycles. The quantitative estimate of drug-likeness (QED) is 0.693. The molecular formula is C16H16Br2O3. The van der Waals surface area contributed by atoms with Crippen LogP contribution in [0.25, 0.3) is 0 Å². The first-order chi connectivity index (χ1) is 10.1. The lowest BCUT2D eigenvalue weighted by Crippen LogP contribution is -2.10. The Morgan fingerprint density at radius 2 is 1.71 bits per heavy atom. The lowest BCUT2D eigenvalue weighted by atomic mass is 10.1. The zero-order chi connectivity index (χ0) is 15.2. The number of halogens is 2. The maximum Gasteiger partial charge on any atom is 0.126 e. The summed E-state index contributed by atoms with van der Waals surface area (Å²) in [5.41, 5.74) is 0.764. The van der Waals surface area contributed by atoms with Crippen LogP contribution in [0.4, 0.5) is 0 Å². The Bertz CT molecular complexity index is 600. The normalized spacial score (nSPS) is 12.0. The standard InChI is InChI=1S/C16H16Br2O3/c1-11(19)15-6-5-13(18)10-16(15)21-8-7-20-14-4-2-3-12(17)9-14/h2-6,9-11,19H,7-8H2,1H3. The summed E-state index contributed by atoms with van der Waals surface area (Å²) in [6.07, 6.45) is -0.570. The molecule has 0 aliphatic rings. The predicted octanol–water partition coefficient (Wildman–Crippen LogP) is 4.72. The van der Waals surface area contributed by atoms with Crippen LogP contribution in [0.3, 0.4) is 0 Å². The lowest BCUT2D eigenvalue weighted by molar-refractivity contribution is 0.182. The Morgan fingerprint density at radius 1 is 1.00 bits per heavy atom. The van der Waals surface area contributed by atoms with E-state index in [0.717, 1.165) is 20.3 Å². The molecule has 1 N–H and O–H groups in total. The molecule has 0 aromatic heterocycles. The van der Waals surface area contributed by atoms with Crippen LogP contribution in [0.15, 0.2) is 51.4 Å². The molecule has 0 amide bonds. The minimum Gasteiger partial charge on any atom is -0.490 e. The average Bonchev–Trinajstić information content (AvgIpc) is 2.43. The Balaban J connectivity index is 1.90. The van der Waals surface area contributed by atoms with E-state index >= 15 is 0 Å². The van der Waals surface area contributed by atoms with E-state index in [1.54, 1.807) is 6.92 Å². The minimum atomic E-state index is -0.570. The number of aliphatic hydroxyl groups is 1. The van der Waals surface area contributed by atoms with E-state index < -0.39 is 6.10 Å². The third-order valence-corrected chi connectivity index (χ3v) is 3.82. The molecule has 0 bridgehead atoms. The van der Waals surface area contributed by atoms with Gasteiger partial charge in [0.2, 0.25) is 0 Å². The summed E-state index contributed by atoms with van der Waals surface area (Å²) in [5, 5.41) is 9.73. The van der Waals surface area contributed by atoms with Crippen molar-refractivity contribution in [3.8, 4) is 11.5 Å². The van der Waals surface area contributed by atoms with Gasteiger partial charge in [0.15, 0.2) is 0 Å². The zero-order valence-corrected chi connectivity index (χ0v) is 14.7. The molecule has 2 rings (SSSR count). The summed E-state index contributed by atoms with van der Waals surface area (Å²) in [4.78, 5) is 0. The van der Waals surface area contributed by atoms with Crippen molar-refractivity contribution in [2.75, 3.05) is 13.2 Å². The summed E-state index contributed by atoms with van der Waals surface area (Å²) in [6.45, 7) is 2.55. The van der Waals surface area contributed by atoms with Gasteiger partial charge >= 0.3 is 0 Å². The first kappa shape index (κ1) is 16.3. The summed E-state index contributed by atoms with van der Waals surface area (Å²) < 4.78 is 13.2. The second kappa shape index (κ2) is 7.82. The maximum absolute atomic E-state index is 9.73. The second-order valence-corrected chi connectivity index (χ2v) is 6.34. The molecule has 3 nitrogen and oxygen atoms in total. The fourth-order valence-corrected chi connectivity index (χ4v) is 2.56. The van der Waals surface area contributed by atoms with Crippen LogP contribution in [-0.4, -0.2) is 18.3 Å². The molecule has 0 aliphatic heterocycles. The highest BCUT2D eigenvalue weighted by Crippen LogP contribution is 2.28. The van der Waals surface area contributed by atoms with E-state index in [2.05, 4.69) is 31.9 Å². The predicted molar refractivity (Wildman–Crippen MR) is 89.9 cm³/mol. The molecule has 0 radical (unpaired) electrons. The third kappa shape index (κ3) is 5.02. The van der Waals surface area contributed by atoms with Crippen molar-refractivity contribution in [3.05, 3.63) is 57.0 Å². The highest BCUT2D eigenvalue weighted by molar-refractivity contribution is 9.10. The van der Waals surface area contributed by atoms with Crippen molar-refractivity contribution in [2.24, 2.45) is 0 Å². The summed E-state index contributed by atoms with van der Waals surface area (Å²) in [5.74, 6) is 1.45. The maximum atomic E-state index is 9.73. The van der Waals surface area contributed by atoms with Gasteiger partial charge in [-0.3, -0.25) is 0 Å². The van der Waals surface area contributed by atoms with Gasteiger partial charge in [-0.2, -0.15) is 0 Å². The first-order valence-corrected chi connectivity index (χ1v) is 8.13. The molecular weight excluding hydrogens is 400 g/mol. The van der Waals surface area contributed by atoms with Crippen LogP contribution < -0.4 is 9.47 Å². The zero-order valence-electron chi connectivity index (χ0n) is 11.6. The van der Waals surface area contributed by atoms with Crippen molar-refractivity contribution < 1.29 is 14.6 Å². The molecule has 2 aromatic rings. The van der Waals surface area contributed by atoms with Crippen LogP contribution in [0.1, 0.15) is 18.6 Å². The van der Waals surface area contributed by atoms with Crippen molar-refractivity contribution in [1.82, 2.24) is 0 Å². The Kier molecular flexibility index (Phi) is 6.08. The smallest absolute Gasteiger partial charge is 0.126 e. The van der Waals surface area contributed by atoms with E-state index in [1.807, 2.05) is 42.5 Å². The Morgan fingerprint density at radius 3 is 2.43 bits per heavy atom. The number of benzene rings is 2. The molecule has 21 heavy (non-hydrogen) atoms. The molecule has 0 fully saturated rings.